The van der Waals surface area contributed by atoms with Gasteiger partial charge in [-0.2, -0.15) is 0 Å². The van der Waals surface area contributed by atoms with E-state index in [0.717, 1.165) is 47.7 Å². The van der Waals surface area contributed by atoms with E-state index in [1.807, 2.05) is 12.3 Å². The molecule has 0 saturated heterocycles. The lowest BCUT2D eigenvalue weighted by molar-refractivity contribution is 0.0706. The Kier molecular flexibility index (Phi) is 2.86. The molecule has 1 aliphatic rings. The van der Waals surface area contributed by atoms with Gasteiger partial charge in [-0.1, -0.05) is 30.3 Å². The lowest BCUT2D eigenvalue weighted by atomic mass is 9.81. The number of hydrogen-bond acceptors (Lipinski definition) is 1. The number of benzene rings is 2. The Bertz CT molecular complexity index is 789. The molecule has 1 atom stereocenters. The summed E-state index contributed by atoms with van der Waals surface area (Å²) in [7, 11) is 0. The summed E-state index contributed by atoms with van der Waals surface area (Å²) >= 11 is 0. The second-order valence-corrected chi connectivity index (χ2v) is 6.00. The summed E-state index contributed by atoms with van der Waals surface area (Å²) in [4.78, 5) is 3.21. The molecule has 1 heterocycles. The fraction of sp³-hybridized carbons (Fsp3) is 0.263. The van der Waals surface area contributed by atoms with E-state index in [1.54, 1.807) is 0 Å². The summed E-state index contributed by atoms with van der Waals surface area (Å²) in [6.45, 7) is 0. The molecule has 2 heteroatoms. The molecule has 21 heavy (non-hydrogen) atoms. The molecule has 4 rings (SSSR count). The monoisotopic (exact) mass is 277 g/mol. The van der Waals surface area contributed by atoms with E-state index in [1.165, 1.54) is 5.56 Å². The average Bonchev–Trinajstić information content (AvgIpc) is 2.92. The van der Waals surface area contributed by atoms with Crippen LogP contribution in [0.15, 0.2) is 54.7 Å². The number of hydrogen-bond donors (Lipinski definition) is 2. The van der Waals surface area contributed by atoms with Crippen molar-refractivity contribution in [3.63, 3.8) is 0 Å². The summed E-state index contributed by atoms with van der Waals surface area (Å²) in [6, 6.07) is 16.6. The summed E-state index contributed by atoms with van der Waals surface area (Å²) in [5.74, 6) is 0. The van der Waals surface area contributed by atoms with Gasteiger partial charge in [-0.05, 0) is 66.0 Å². The predicted octanol–water partition coefficient (Wildman–Crippen LogP) is 4.13. The highest BCUT2D eigenvalue weighted by Crippen LogP contribution is 2.40. The number of H-pyrrole nitrogens is 1. The van der Waals surface area contributed by atoms with Crippen molar-refractivity contribution in [1.82, 2.24) is 4.98 Å². The van der Waals surface area contributed by atoms with Gasteiger partial charge in [0.15, 0.2) is 0 Å². The van der Waals surface area contributed by atoms with Crippen molar-refractivity contribution >= 4 is 10.9 Å². The largest absolute Gasteiger partial charge is 0.380 e. The van der Waals surface area contributed by atoms with Crippen molar-refractivity contribution in [2.45, 2.75) is 31.3 Å². The molecular formula is C19H19NO. The SMILES string of the molecule is OC1(c2ccc3[nH]ccc3c2)CCCCc2ccccc21. The molecule has 1 aromatic heterocycles. The molecule has 0 bridgehead atoms. The zero-order valence-corrected chi connectivity index (χ0v) is 12.0. The highest BCUT2D eigenvalue weighted by atomic mass is 16.3. The van der Waals surface area contributed by atoms with Crippen LogP contribution in [0.5, 0.6) is 0 Å². The summed E-state index contributed by atoms with van der Waals surface area (Å²) in [5.41, 5.74) is 3.62. The van der Waals surface area contributed by atoms with Gasteiger partial charge in [0.25, 0.3) is 0 Å². The first-order chi connectivity index (χ1) is 10.3. The number of aromatic nitrogens is 1. The smallest absolute Gasteiger partial charge is 0.115 e. The maximum absolute atomic E-state index is 11.5. The van der Waals surface area contributed by atoms with Crippen LogP contribution >= 0.6 is 0 Å². The number of nitrogens with one attached hydrogen (secondary N) is 1. The van der Waals surface area contributed by atoms with Crippen LogP contribution < -0.4 is 0 Å². The molecule has 2 N–H and O–H groups in total. The fourth-order valence-corrected chi connectivity index (χ4v) is 3.58. The molecule has 0 saturated carbocycles. The van der Waals surface area contributed by atoms with Gasteiger partial charge in [-0.15, -0.1) is 0 Å². The topological polar surface area (TPSA) is 36.0 Å². The quantitative estimate of drug-likeness (QED) is 0.645. The molecule has 0 aliphatic heterocycles. The standard InChI is InChI=1S/C19H19NO/c21-19(16-8-9-18-15(13-16)10-12-20-18)11-4-3-6-14-5-1-2-7-17(14)19/h1-2,5,7-10,12-13,20-21H,3-4,6,11H2. The molecule has 2 nitrogen and oxygen atoms in total. The second kappa shape index (κ2) is 4.74. The fourth-order valence-electron chi connectivity index (χ4n) is 3.58. The van der Waals surface area contributed by atoms with E-state index >= 15 is 0 Å². The third-order valence-electron chi connectivity index (χ3n) is 4.73. The molecule has 0 fully saturated rings. The van der Waals surface area contributed by atoms with E-state index in [2.05, 4.69) is 47.4 Å². The van der Waals surface area contributed by atoms with E-state index in [-0.39, 0.29) is 0 Å². The Labute approximate surface area is 124 Å². The van der Waals surface area contributed by atoms with Gasteiger partial charge in [-0.25, -0.2) is 0 Å². The lowest BCUT2D eigenvalue weighted by Crippen LogP contribution is -2.27. The third kappa shape index (κ3) is 1.98. The summed E-state index contributed by atoms with van der Waals surface area (Å²) in [5, 5.41) is 12.6. The number of rotatable bonds is 1. The van der Waals surface area contributed by atoms with Crippen molar-refractivity contribution in [2.24, 2.45) is 0 Å². The summed E-state index contributed by atoms with van der Waals surface area (Å²) in [6.07, 6.45) is 5.99. The van der Waals surface area contributed by atoms with Gasteiger partial charge in [0.05, 0.1) is 0 Å². The number of fused-ring (bicyclic) bond motifs is 2. The molecule has 0 radical (unpaired) electrons. The molecule has 1 unspecified atom stereocenters. The maximum Gasteiger partial charge on any atom is 0.115 e. The Morgan fingerprint density at radius 1 is 1.00 bits per heavy atom. The van der Waals surface area contributed by atoms with Crippen molar-refractivity contribution in [1.29, 1.82) is 0 Å². The van der Waals surface area contributed by atoms with E-state index in [4.69, 9.17) is 0 Å². The van der Waals surface area contributed by atoms with Crippen LogP contribution in [0.3, 0.4) is 0 Å². The molecule has 106 valence electrons. The average molecular weight is 277 g/mol. The Morgan fingerprint density at radius 2 is 1.90 bits per heavy atom. The van der Waals surface area contributed by atoms with Gasteiger partial charge in [0, 0.05) is 11.7 Å². The Balaban J connectivity index is 1.92. The van der Waals surface area contributed by atoms with Gasteiger partial charge < -0.3 is 10.1 Å². The lowest BCUT2D eigenvalue weighted by Gasteiger charge is -2.29. The van der Waals surface area contributed by atoms with Crippen LogP contribution in [0, 0.1) is 0 Å². The minimum Gasteiger partial charge on any atom is -0.380 e. The minimum absolute atomic E-state index is 0.792. The molecular weight excluding hydrogens is 258 g/mol. The highest BCUT2D eigenvalue weighted by Gasteiger charge is 2.34. The number of aliphatic hydroxyl groups is 1. The van der Waals surface area contributed by atoms with E-state index in [0.29, 0.717) is 0 Å². The van der Waals surface area contributed by atoms with Crippen LogP contribution in [-0.2, 0) is 12.0 Å². The molecule has 1 aliphatic carbocycles. The van der Waals surface area contributed by atoms with Crippen molar-refractivity contribution < 1.29 is 5.11 Å². The normalized spacial score (nSPS) is 22.0. The second-order valence-electron chi connectivity index (χ2n) is 6.00. The summed E-state index contributed by atoms with van der Waals surface area (Å²) < 4.78 is 0. The maximum atomic E-state index is 11.5. The van der Waals surface area contributed by atoms with E-state index in [9.17, 15) is 5.11 Å². The first-order valence-electron chi connectivity index (χ1n) is 7.66. The first-order valence-corrected chi connectivity index (χ1v) is 7.66. The highest BCUT2D eigenvalue weighted by molar-refractivity contribution is 5.80. The van der Waals surface area contributed by atoms with Crippen molar-refractivity contribution in [3.05, 3.63) is 71.4 Å². The molecule has 2 aromatic carbocycles. The van der Waals surface area contributed by atoms with E-state index < -0.39 is 5.60 Å². The molecule has 0 amide bonds. The van der Waals surface area contributed by atoms with Crippen LogP contribution in [0.1, 0.15) is 36.0 Å². The van der Waals surface area contributed by atoms with Crippen LogP contribution in [0.25, 0.3) is 10.9 Å². The van der Waals surface area contributed by atoms with Crippen LogP contribution in [-0.4, -0.2) is 10.1 Å². The molecule has 0 spiro atoms. The Hall–Kier alpha value is -2.06. The number of aromatic amines is 1. The Morgan fingerprint density at radius 3 is 2.86 bits per heavy atom. The van der Waals surface area contributed by atoms with Crippen molar-refractivity contribution in [3.8, 4) is 0 Å². The van der Waals surface area contributed by atoms with Crippen LogP contribution in [0.4, 0.5) is 0 Å². The van der Waals surface area contributed by atoms with Gasteiger partial charge in [0.2, 0.25) is 0 Å². The minimum atomic E-state index is -0.863. The third-order valence-corrected chi connectivity index (χ3v) is 4.73. The van der Waals surface area contributed by atoms with Gasteiger partial charge in [0.1, 0.15) is 5.60 Å². The number of aryl methyl sites for hydroxylation is 1. The zero-order valence-electron chi connectivity index (χ0n) is 12.0. The van der Waals surface area contributed by atoms with Gasteiger partial charge in [-0.3, -0.25) is 0 Å². The zero-order chi connectivity index (χ0) is 14.3. The molecule has 3 aromatic rings. The van der Waals surface area contributed by atoms with Crippen LogP contribution in [0.2, 0.25) is 0 Å². The first kappa shape index (κ1) is 12.7. The van der Waals surface area contributed by atoms with Gasteiger partial charge >= 0.3 is 0 Å². The predicted molar refractivity (Wildman–Crippen MR) is 85.3 cm³/mol. The van der Waals surface area contributed by atoms with Crippen molar-refractivity contribution in [2.75, 3.05) is 0 Å².